The number of hydrogen-bond acceptors (Lipinski definition) is 5. The van der Waals surface area contributed by atoms with Crippen molar-refractivity contribution >= 4 is 23.5 Å². The summed E-state index contributed by atoms with van der Waals surface area (Å²) < 4.78 is 3.97. The van der Waals surface area contributed by atoms with Crippen molar-refractivity contribution in [2.75, 3.05) is 11.1 Å². The van der Waals surface area contributed by atoms with Gasteiger partial charge >= 0.3 is 0 Å². The zero-order valence-electron chi connectivity index (χ0n) is 16.8. The second-order valence-corrected chi connectivity index (χ2v) is 8.39. The molecule has 0 saturated heterocycles. The van der Waals surface area contributed by atoms with Crippen LogP contribution in [0.25, 0.3) is 5.69 Å². The maximum atomic E-state index is 12.6. The van der Waals surface area contributed by atoms with Gasteiger partial charge in [-0.1, -0.05) is 49.2 Å². The number of nitrogens with one attached hydrogen (secondary N) is 1. The maximum absolute atomic E-state index is 12.6. The molecular weight excluding hydrogens is 384 g/mol. The Morgan fingerprint density at radius 1 is 1.14 bits per heavy atom. The van der Waals surface area contributed by atoms with E-state index in [2.05, 4.69) is 25.2 Å². The Labute approximate surface area is 174 Å². The first-order valence-electron chi connectivity index (χ1n) is 10.1. The van der Waals surface area contributed by atoms with Gasteiger partial charge in [0.25, 0.3) is 0 Å². The Morgan fingerprint density at radius 2 is 1.90 bits per heavy atom. The normalized spacial score (nSPS) is 14.8. The zero-order chi connectivity index (χ0) is 20.2. The van der Waals surface area contributed by atoms with E-state index in [4.69, 9.17) is 0 Å². The van der Waals surface area contributed by atoms with Crippen molar-refractivity contribution in [2.24, 2.45) is 0 Å². The highest BCUT2D eigenvalue weighted by Crippen LogP contribution is 2.32. The van der Waals surface area contributed by atoms with Gasteiger partial charge in [0.2, 0.25) is 5.91 Å². The number of carbonyl (C=O) groups excluding carboxylic acids is 1. The van der Waals surface area contributed by atoms with Gasteiger partial charge in [-0.15, -0.1) is 10.2 Å². The van der Waals surface area contributed by atoms with Gasteiger partial charge in [-0.2, -0.15) is 5.10 Å². The summed E-state index contributed by atoms with van der Waals surface area (Å²) in [6, 6.07) is 12.1. The number of thioether (sulfide) groups is 1. The molecule has 1 aromatic carbocycles. The number of benzene rings is 1. The molecule has 1 saturated carbocycles. The van der Waals surface area contributed by atoms with Crippen LogP contribution in [-0.4, -0.2) is 36.2 Å². The summed E-state index contributed by atoms with van der Waals surface area (Å²) in [4.78, 5) is 12.6. The molecule has 2 heterocycles. The number of aryl methyl sites for hydroxylation is 2. The van der Waals surface area contributed by atoms with Gasteiger partial charge < -0.3 is 9.88 Å². The summed E-state index contributed by atoms with van der Waals surface area (Å²) in [6.07, 6.45) is 6.12. The lowest BCUT2D eigenvalue weighted by Crippen LogP contribution is -2.18. The number of aromatic nitrogens is 5. The fourth-order valence-electron chi connectivity index (χ4n) is 3.87. The van der Waals surface area contributed by atoms with E-state index in [0.717, 1.165) is 35.2 Å². The first-order valence-corrected chi connectivity index (χ1v) is 11.1. The van der Waals surface area contributed by atoms with Crippen LogP contribution in [0.3, 0.4) is 0 Å². The summed E-state index contributed by atoms with van der Waals surface area (Å²) in [7, 11) is 0. The Hall–Kier alpha value is -2.61. The molecule has 4 rings (SSSR count). The van der Waals surface area contributed by atoms with Gasteiger partial charge in [0.05, 0.1) is 17.1 Å². The molecule has 8 heteroatoms. The van der Waals surface area contributed by atoms with Crippen molar-refractivity contribution in [1.82, 2.24) is 24.5 Å². The lowest BCUT2D eigenvalue weighted by molar-refractivity contribution is -0.113. The van der Waals surface area contributed by atoms with Crippen molar-refractivity contribution in [2.45, 2.75) is 57.1 Å². The number of amides is 1. The van der Waals surface area contributed by atoms with Crippen LogP contribution in [0.1, 0.15) is 49.7 Å². The van der Waals surface area contributed by atoms with E-state index in [1.54, 1.807) is 4.68 Å². The lowest BCUT2D eigenvalue weighted by Gasteiger charge is -2.24. The van der Waals surface area contributed by atoms with Crippen LogP contribution >= 0.6 is 11.8 Å². The predicted molar refractivity (Wildman–Crippen MR) is 115 cm³/mol. The lowest BCUT2D eigenvalue weighted by atomic mass is 9.95. The first-order chi connectivity index (χ1) is 14.1. The topological polar surface area (TPSA) is 77.6 Å². The minimum absolute atomic E-state index is 0.0806. The van der Waals surface area contributed by atoms with Gasteiger partial charge in [-0.05, 0) is 38.8 Å². The summed E-state index contributed by atoms with van der Waals surface area (Å²) in [6.45, 7) is 3.91. The highest BCUT2D eigenvalue weighted by molar-refractivity contribution is 7.99. The highest BCUT2D eigenvalue weighted by atomic mass is 32.2. The molecule has 1 fully saturated rings. The van der Waals surface area contributed by atoms with Crippen molar-refractivity contribution in [3.8, 4) is 5.69 Å². The minimum atomic E-state index is -0.0806. The average Bonchev–Trinajstić information content (AvgIpc) is 3.29. The van der Waals surface area contributed by atoms with Crippen LogP contribution < -0.4 is 5.32 Å². The molecule has 1 aliphatic rings. The molecule has 1 amide bonds. The van der Waals surface area contributed by atoms with Gasteiger partial charge in [-0.25, -0.2) is 4.68 Å². The molecule has 0 bridgehead atoms. The third kappa shape index (κ3) is 4.53. The fraction of sp³-hybridized carbons (Fsp3) is 0.429. The largest absolute Gasteiger partial charge is 0.310 e. The number of carbonyl (C=O) groups is 1. The summed E-state index contributed by atoms with van der Waals surface area (Å²) >= 11 is 1.44. The molecule has 3 aromatic rings. The second kappa shape index (κ2) is 8.82. The molecule has 0 spiro atoms. The second-order valence-electron chi connectivity index (χ2n) is 7.45. The van der Waals surface area contributed by atoms with Crippen LogP contribution in [0.4, 0.5) is 5.82 Å². The van der Waals surface area contributed by atoms with Crippen molar-refractivity contribution in [1.29, 1.82) is 0 Å². The summed E-state index contributed by atoms with van der Waals surface area (Å²) in [5.41, 5.74) is 1.76. The molecule has 0 unspecified atom stereocenters. The maximum Gasteiger partial charge on any atom is 0.236 e. The zero-order valence-corrected chi connectivity index (χ0v) is 17.7. The molecule has 2 aromatic heterocycles. The third-order valence-electron chi connectivity index (χ3n) is 5.21. The SMILES string of the molecule is Cc1cc(NC(=O)CSc2nnc(C)n2C2CCCCC2)n(-c2ccccc2)n1. The van der Waals surface area contributed by atoms with Gasteiger partial charge in [0.15, 0.2) is 5.16 Å². The Balaban J connectivity index is 1.43. The standard InChI is InChI=1S/C21H26N6OS/c1-15-13-19(27(25-15)18-11-7-4-8-12-18)22-20(28)14-29-21-24-23-16(2)26(21)17-9-5-3-6-10-17/h4,7-8,11-13,17H,3,5-6,9-10,14H2,1-2H3,(H,22,28). The van der Waals surface area contributed by atoms with E-state index < -0.39 is 0 Å². The smallest absolute Gasteiger partial charge is 0.236 e. The van der Waals surface area contributed by atoms with E-state index >= 15 is 0 Å². The van der Waals surface area contributed by atoms with E-state index in [1.807, 2.05) is 50.2 Å². The van der Waals surface area contributed by atoms with Crippen molar-refractivity contribution in [3.63, 3.8) is 0 Å². The molecule has 7 nitrogen and oxygen atoms in total. The van der Waals surface area contributed by atoms with Crippen LogP contribution in [-0.2, 0) is 4.79 Å². The minimum Gasteiger partial charge on any atom is -0.310 e. The molecule has 0 aliphatic heterocycles. The van der Waals surface area contributed by atoms with Gasteiger partial charge in [0, 0.05) is 12.1 Å². The quantitative estimate of drug-likeness (QED) is 0.613. The van der Waals surface area contributed by atoms with E-state index in [0.29, 0.717) is 11.9 Å². The molecule has 1 N–H and O–H groups in total. The first kappa shape index (κ1) is 19.7. The molecule has 29 heavy (non-hydrogen) atoms. The molecule has 0 atom stereocenters. The van der Waals surface area contributed by atoms with E-state index in [9.17, 15) is 4.79 Å². The van der Waals surface area contributed by atoms with E-state index in [1.165, 1.54) is 31.0 Å². The van der Waals surface area contributed by atoms with Crippen molar-refractivity contribution in [3.05, 3.63) is 47.9 Å². The average molecular weight is 411 g/mol. The Bertz CT molecular complexity index is 974. The van der Waals surface area contributed by atoms with Crippen LogP contribution in [0.15, 0.2) is 41.6 Å². The summed E-state index contributed by atoms with van der Waals surface area (Å²) in [5, 5.41) is 16.9. The van der Waals surface area contributed by atoms with Crippen LogP contribution in [0.2, 0.25) is 0 Å². The third-order valence-corrected chi connectivity index (χ3v) is 6.15. The highest BCUT2D eigenvalue weighted by Gasteiger charge is 2.22. The number of nitrogens with zero attached hydrogens (tertiary/aromatic N) is 5. The number of anilines is 1. The number of para-hydroxylation sites is 1. The molecule has 152 valence electrons. The predicted octanol–water partition coefficient (Wildman–Crippen LogP) is 4.32. The Kier molecular flexibility index (Phi) is 5.99. The van der Waals surface area contributed by atoms with E-state index in [-0.39, 0.29) is 11.7 Å². The number of hydrogen-bond donors (Lipinski definition) is 1. The van der Waals surface area contributed by atoms with Crippen LogP contribution in [0, 0.1) is 13.8 Å². The molecular formula is C21H26N6OS. The van der Waals surface area contributed by atoms with Gasteiger partial charge in [0.1, 0.15) is 11.6 Å². The molecule has 0 radical (unpaired) electrons. The monoisotopic (exact) mass is 410 g/mol. The van der Waals surface area contributed by atoms with Gasteiger partial charge in [-0.3, -0.25) is 4.79 Å². The molecule has 1 aliphatic carbocycles. The van der Waals surface area contributed by atoms with Crippen molar-refractivity contribution < 1.29 is 4.79 Å². The summed E-state index contributed by atoms with van der Waals surface area (Å²) in [5.74, 6) is 1.80. The van der Waals surface area contributed by atoms with Crippen LogP contribution in [0.5, 0.6) is 0 Å². The number of rotatable bonds is 6. The Morgan fingerprint density at radius 3 is 2.66 bits per heavy atom. The fourth-order valence-corrected chi connectivity index (χ4v) is 4.72.